The van der Waals surface area contributed by atoms with Gasteiger partial charge in [-0.1, -0.05) is 6.07 Å². The van der Waals surface area contributed by atoms with E-state index in [0.29, 0.717) is 0 Å². The largest absolute Gasteiger partial charge is 0.466 e. The van der Waals surface area contributed by atoms with Crippen molar-refractivity contribution in [1.82, 2.24) is 5.32 Å². The lowest BCUT2D eigenvalue weighted by Crippen LogP contribution is -2.52. The van der Waals surface area contributed by atoms with Crippen molar-refractivity contribution in [2.24, 2.45) is 11.7 Å². The maximum atomic E-state index is 13.8. The lowest BCUT2D eigenvalue weighted by atomic mass is 9.95. The maximum Gasteiger partial charge on any atom is 0.312 e. The van der Waals surface area contributed by atoms with E-state index in [1.165, 1.54) is 13.8 Å². The number of esters is 2. The van der Waals surface area contributed by atoms with Gasteiger partial charge in [0.1, 0.15) is 6.04 Å². The van der Waals surface area contributed by atoms with Crippen molar-refractivity contribution in [1.29, 1.82) is 0 Å². The van der Waals surface area contributed by atoms with Crippen molar-refractivity contribution >= 4 is 23.8 Å². The molecule has 0 unspecified atom stereocenters. The second-order valence-corrected chi connectivity index (χ2v) is 5.32. The molecule has 10 heteroatoms. The molecule has 0 saturated carbocycles. The molecule has 0 aliphatic rings. The SMILES string of the molecule is CCOC(=O)C[C@@H](C(=O)OCC)[C@@H](NC(=O)c1cccc(F)c1F)C(N)=O. The molecule has 8 nitrogen and oxygen atoms in total. The molecule has 2 atom stereocenters. The number of ether oxygens (including phenoxy) is 2. The third-order valence-electron chi connectivity index (χ3n) is 3.47. The van der Waals surface area contributed by atoms with Crippen molar-refractivity contribution < 1.29 is 37.4 Å². The van der Waals surface area contributed by atoms with Crippen LogP contribution in [0, 0.1) is 17.6 Å². The van der Waals surface area contributed by atoms with Crippen LogP contribution in [0.1, 0.15) is 30.6 Å². The Morgan fingerprint density at radius 1 is 1.11 bits per heavy atom. The summed E-state index contributed by atoms with van der Waals surface area (Å²) in [6.45, 7) is 3.00. The van der Waals surface area contributed by atoms with E-state index in [1.807, 2.05) is 0 Å². The number of rotatable bonds is 9. The topological polar surface area (TPSA) is 125 Å². The summed E-state index contributed by atoms with van der Waals surface area (Å²) in [5.41, 5.74) is 4.54. The summed E-state index contributed by atoms with van der Waals surface area (Å²) in [6.07, 6.45) is -0.605. The third kappa shape index (κ3) is 6.01. The molecule has 2 amide bonds. The number of nitrogens with one attached hydrogen (secondary N) is 1. The van der Waals surface area contributed by atoms with Gasteiger partial charge in [0.15, 0.2) is 11.6 Å². The Labute approximate surface area is 154 Å². The van der Waals surface area contributed by atoms with Gasteiger partial charge in [0, 0.05) is 0 Å². The minimum atomic E-state index is -1.70. The van der Waals surface area contributed by atoms with Gasteiger partial charge in [-0.05, 0) is 26.0 Å². The number of benzene rings is 1. The Kier molecular flexibility index (Phi) is 8.31. The molecule has 1 rings (SSSR count). The van der Waals surface area contributed by atoms with Gasteiger partial charge < -0.3 is 20.5 Å². The van der Waals surface area contributed by atoms with Crippen LogP contribution in [0.5, 0.6) is 0 Å². The minimum Gasteiger partial charge on any atom is -0.466 e. The first-order valence-corrected chi connectivity index (χ1v) is 8.09. The second kappa shape index (κ2) is 10.2. The van der Waals surface area contributed by atoms with E-state index < -0.39 is 59.3 Å². The van der Waals surface area contributed by atoms with Crippen LogP contribution in [-0.4, -0.2) is 43.0 Å². The van der Waals surface area contributed by atoms with Crippen LogP contribution >= 0.6 is 0 Å². The second-order valence-electron chi connectivity index (χ2n) is 5.32. The summed E-state index contributed by atoms with van der Waals surface area (Å²) >= 11 is 0. The van der Waals surface area contributed by atoms with E-state index >= 15 is 0 Å². The predicted octanol–water partition coefficient (Wildman–Crippen LogP) is 0.681. The van der Waals surface area contributed by atoms with Gasteiger partial charge in [-0.2, -0.15) is 0 Å². The summed E-state index contributed by atoms with van der Waals surface area (Å²) in [7, 11) is 0. The Hall–Kier alpha value is -3.04. The van der Waals surface area contributed by atoms with Gasteiger partial charge in [0.2, 0.25) is 5.91 Å². The first-order chi connectivity index (χ1) is 12.7. The van der Waals surface area contributed by atoms with Crippen LogP contribution in [-0.2, 0) is 23.9 Å². The number of amides is 2. The number of primary amides is 1. The summed E-state index contributed by atoms with van der Waals surface area (Å²) in [5, 5.41) is 2.06. The van der Waals surface area contributed by atoms with Crippen LogP contribution in [0.3, 0.4) is 0 Å². The quantitative estimate of drug-likeness (QED) is 0.602. The maximum absolute atomic E-state index is 13.8. The molecular weight excluding hydrogens is 366 g/mol. The van der Waals surface area contributed by atoms with Crippen molar-refractivity contribution in [3.8, 4) is 0 Å². The fourth-order valence-corrected chi connectivity index (χ4v) is 2.25. The van der Waals surface area contributed by atoms with Gasteiger partial charge in [-0.25, -0.2) is 8.78 Å². The highest BCUT2D eigenvalue weighted by Gasteiger charge is 2.37. The first-order valence-electron chi connectivity index (χ1n) is 8.09. The van der Waals surface area contributed by atoms with E-state index in [2.05, 4.69) is 5.32 Å². The zero-order valence-corrected chi connectivity index (χ0v) is 14.8. The van der Waals surface area contributed by atoms with Crippen molar-refractivity contribution in [2.45, 2.75) is 26.3 Å². The average molecular weight is 386 g/mol. The molecule has 27 heavy (non-hydrogen) atoms. The molecular formula is C17H20F2N2O6. The molecule has 1 aromatic carbocycles. The lowest BCUT2D eigenvalue weighted by Gasteiger charge is -2.23. The number of carbonyl (C=O) groups excluding carboxylic acids is 4. The highest BCUT2D eigenvalue weighted by molar-refractivity contribution is 5.99. The lowest BCUT2D eigenvalue weighted by molar-refractivity contribution is -0.156. The zero-order valence-electron chi connectivity index (χ0n) is 14.8. The van der Waals surface area contributed by atoms with Crippen LogP contribution in [0.2, 0.25) is 0 Å². The van der Waals surface area contributed by atoms with Gasteiger partial charge in [-0.3, -0.25) is 19.2 Å². The van der Waals surface area contributed by atoms with Crippen LogP contribution in [0.15, 0.2) is 18.2 Å². The van der Waals surface area contributed by atoms with Crippen LogP contribution in [0.4, 0.5) is 8.78 Å². The van der Waals surface area contributed by atoms with Crippen LogP contribution < -0.4 is 11.1 Å². The van der Waals surface area contributed by atoms with Crippen molar-refractivity contribution in [3.63, 3.8) is 0 Å². The van der Waals surface area contributed by atoms with Gasteiger partial charge in [0.05, 0.1) is 31.1 Å². The van der Waals surface area contributed by atoms with Gasteiger partial charge in [-0.15, -0.1) is 0 Å². The average Bonchev–Trinajstić information content (AvgIpc) is 2.60. The molecule has 0 saturated heterocycles. The smallest absolute Gasteiger partial charge is 0.312 e. The van der Waals surface area contributed by atoms with E-state index in [9.17, 15) is 28.0 Å². The number of carbonyl (C=O) groups is 4. The summed E-state index contributed by atoms with van der Waals surface area (Å²) in [4.78, 5) is 47.9. The van der Waals surface area contributed by atoms with Crippen molar-refractivity contribution in [3.05, 3.63) is 35.4 Å². The monoisotopic (exact) mass is 386 g/mol. The molecule has 0 aliphatic heterocycles. The zero-order chi connectivity index (χ0) is 20.6. The molecule has 148 valence electrons. The fourth-order valence-electron chi connectivity index (χ4n) is 2.25. The Balaban J connectivity index is 3.14. The molecule has 0 heterocycles. The Morgan fingerprint density at radius 2 is 1.74 bits per heavy atom. The predicted molar refractivity (Wildman–Crippen MR) is 88.2 cm³/mol. The molecule has 0 aliphatic carbocycles. The fraction of sp³-hybridized carbons (Fsp3) is 0.412. The van der Waals surface area contributed by atoms with Crippen LogP contribution in [0.25, 0.3) is 0 Å². The third-order valence-corrected chi connectivity index (χ3v) is 3.47. The highest BCUT2D eigenvalue weighted by Crippen LogP contribution is 2.16. The number of hydrogen-bond acceptors (Lipinski definition) is 6. The summed E-state index contributed by atoms with van der Waals surface area (Å²) in [6, 6.07) is 1.17. The van der Waals surface area contributed by atoms with E-state index in [0.717, 1.165) is 18.2 Å². The number of nitrogens with two attached hydrogens (primary N) is 1. The molecule has 0 fully saturated rings. The molecule has 0 bridgehead atoms. The van der Waals surface area contributed by atoms with E-state index in [-0.39, 0.29) is 13.2 Å². The summed E-state index contributed by atoms with van der Waals surface area (Å²) in [5.74, 6) is -8.36. The summed E-state index contributed by atoms with van der Waals surface area (Å²) < 4.78 is 36.6. The minimum absolute atomic E-state index is 0.0243. The Morgan fingerprint density at radius 3 is 2.30 bits per heavy atom. The van der Waals surface area contributed by atoms with Gasteiger partial charge >= 0.3 is 11.9 Å². The normalized spacial score (nSPS) is 12.6. The van der Waals surface area contributed by atoms with Crippen molar-refractivity contribution in [2.75, 3.05) is 13.2 Å². The standard InChI is InChI=1S/C17H20F2N2O6/c1-3-26-12(22)8-10(17(25)27-4-2)14(15(20)23)21-16(24)9-6-5-7-11(18)13(9)19/h5-7,10,14H,3-4,8H2,1-2H3,(H2,20,23)(H,21,24)/t10-,14-/m1/s1. The van der Waals surface area contributed by atoms with E-state index in [1.54, 1.807) is 0 Å². The van der Waals surface area contributed by atoms with Gasteiger partial charge in [0.25, 0.3) is 5.91 Å². The Bertz CT molecular complexity index is 725. The molecule has 0 aromatic heterocycles. The molecule has 3 N–H and O–H groups in total. The number of halogens is 2. The molecule has 0 radical (unpaired) electrons. The number of hydrogen-bond donors (Lipinski definition) is 2. The molecule has 0 spiro atoms. The molecule has 1 aromatic rings. The van der Waals surface area contributed by atoms with E-state index in [4.69, 9.17) is 15.2 Å². The first kappa shape index (κ1) is 22.0. The highest BCUT2D eigenvalue weighted by atomic mass is 19.2.